The van der Waals surface area contributed by atoms with E-state index in [1.165, 1.54) is 29.5 Å². The Bertz CT molecular complexity index is 984. The fraction of sp³-hybridized carbons (Fsp3) is 0.182. The largest absolute Gasteiger partial charge is 0.462 e. The van der Waals surface area contributed by atoms with Crippen molar-refractivity contribution in [3.05, 3.63) is 88.0 Å². The highest BCUT2D eigenvalue weighted by Crippen LogP contribution is 2.36. The Morgan fingerprint density at radius 2 is 1.75 bits per heavy atom. The highest BCUT2D eigenvalue weighted by molar-refractivity contribution is 7.16. The number of rotatable bonds is 6. The number of hydrogen-bond acceptors (Lipinski definition) is 4. The topological polar surface area (TPSA) is 55.4 Å². The molecule has 4 nitrogen and oxygen atoms in total. The van der Waals surface area contributed by atoms with Crippen LogP contribution in [0.4, 0.5) is 9.39 Å². The molecule has 28 heavy (non-hydrogen) atoms. The maximum Gasteiger partial charge on any atom is 0.341 e. The molecule has 2 aromatic carbocycles. The summed E-state index contributed by atoms with van der Waals surface area (Å²) in [7, 11) is 0. The lowest BCUT2D eigenvalue weighted by molar-refractivity contribution is 0.0528. The summed E-state index contributed by atoms with van der Waals surface area (Å²) in [4.78, 5) is 25.8. The minimum atomic E-state index is -0.618. The molecule has 0 radical (unpaired) electrons. The number of thiophene rings is 1. The molecule has 0 spiro atoms. The summed E-state index contributed by atoms with van der Waals surface area (Å²) in [6.07, 6.45) is 0. The average molecular weight is 397 g/mol. The third-order valence-corrected chi connectivity index (χ3v) is 5.55. The van der Waals surface area contributed by atoms with E-state index >= 15 is 0 Å². The van der Waals surface area contributed by atoms with Crippen LogP contribution in [0.1, 0.15) is 50.9 Å². The first-order chi connectivity index (χ1) is 13.5. The van der Waals surface area contributed by atoms with E-state index < -0.39 is 17.7 Å². The second-order valence-corrected chi connectivity index (χ2v) is 7.26. The molecule has 0 saturated heterocycles. The molecular weight excluding hydrogens is 377 g/mol. The number of carbonyl (C=O) groups excluding carboxylic acids is 2. The van der Waals surface area contributed by atoms with E-state index in [2.05, 4.69) is 5.32 Å². The van der Waals surface area contributed by atoms with Crippen LogP contribution in [0.5, 0.6) is 0 Å². The molecule has 0 aliphatic heterocycles. The van der Waals surface area contributed by atoms with E-state index in [0.717, 1.165) is 10.4 Å². The monoisotopic (exact) mass is 397 g/mol. The van der Waals surface area contributed by atoms with Gasteiger partial charge in [-0.05, 0) is 30.7 Å². The Labute approximate surface area is 167 Å². The lowest BCUT2D eigenvalue weighted by Gasteiger charge is -2.09. The number of carbonyl (C=O) groups is 2. The third-order valence-electron chi connectivity index (χ3n) is 4.32. The quantitative estimate of drug-likeness (QED) is 0.561. The molecule has 0 bridgehead atoms. The van der Waals surface area contributed by atoms with Gasteiger partial charge in [-0.25, -0.2) is 9.18 Å². The van der Waals surface area contributed by atoms with Crippen LogP contribution in [0.2, 0.25) is 0 Å². The second-order valence-electron chi connectivity index (χ2n) is 6.18. The van der Waals surface area contributed by atoms with Crippen molar-refractivity contribution in [2.75, 3.05) is 11.9 Å². The number of halogens is 1. The normalized spacial score (nSPS) is 11.7. The Balaban J connectivity index is 1.94. The zero-order valence-electron chi connectivity index (χ0n) is 15.6. The standard InChI is InChI=1S/C22H20FNO3S/c1-3-27-22(26)17-13-19(14(2)15-9-5-4-6-10-15)28-21(17)24-20(25)16-11-7-8-12-18(16)23/h4-14H,3H2,1-2H3,(H,24,25). The second kappa shape index (κ2) is 8.80. The molecule has 1 unspecified atom stereocenters. The molecule has 0 aliphatic carbocycles. The van der Waals surface area contributed by atoms with Gasteiger partial charge in [-0.1, -0.05) is 49.4 Å². The molecule has 0 fully saturated rings. The maximum atomic E-state index is 13.9. The van der Waals surface area contributed by atoms with E-state index in [1.807, 2.05) is 37.3 Å². The summed E-state index contributed by atoms with van der Waals surface area (Å²) in [5.74, 6) is -1.72. The lowest BCUT2D eigenvalue weighted by Crippen LogP contribution is -2.15. The molecule has 1 amide bonds. The van der Waals surface area contributed by atoms with E-state index in [4.69, 9.17) is 4.74 Å². The van der Waals surface area contributed by atoms with Crippen molar-refractivity contribution < 1.29 is 18.7 Å². The summed E-state index contributed by atoms with van der Waals surface area (Å²) in [5, 5.41) is 3.02. The molecule has 144 valence electrons. The fourth-order valence-electron chi connectivity index (χ4n) is 2.80. The van der Waals surface area contributed by atoms with Crippen molar-refractivity contribution in [1.29, 1.82) is 0 Å². The van der Waals surface area contributed by atoms with E-state index in [9.17, 15) is 14.0 Å². The first-order valence-electron chi connectivity index (χ1n) is 8.93. The lowest BCUT2D eigenvalue weighted by atomic mass is 9.99. The highest BCUT2D eigenvalue weighted by atomic mass is 32.1. The van der Waals surface area contributed by atoms with Crippen molar-refractivity contribution in [3.8, 4) is 0 Å². The Kier molecular flexibility index (Phi) is 6.21. The van der Waals surface area contributed by atoms with Crippen molar-refractivity contribution in [2.45, 2.75) is 19.8 Å². The summed E-state index contributed by atoms with van der Waals surface area (Å²) >= 11 is 1.29. The molecule has 0 saturated carbocycles. The van der Waals surface area contributed by atoms with Gasteiger partial charge < -0.3 is 10.1 Å². The first kappa shape index (κ1) is 19.8. The van der Waals surface area contributed by atoms with Gasteiger partial charge in [-0.2, -0.15) is 0 Å². The predicted molar refractivity (Wildman–Crippen MR) is 109 cm³/mol. The smallest absolute Gasteiger partial charge is 0.341 e. The van der Waals surface area contributed by atoms with Crippen molar-refractivity contribution >= 4 is 28.2 Å². The number of amides is 1. The van der Waals surface area contributed by atoms with Gasteiger partial charge in [0.1, 0.15) is 10.8 Å². The molecule has 6 heteroatoms. The number of benzene rings is 2. The van der Waals surface area contributed by atoms with Crippen LogP contribution in [0.15, 0.2) is 60.7 Å². The van der Waals surface area contributed by atoms with Crippen molar-refractivity contribution in [1.82, 2.24) is 0 Å². The van der Waals surface area contributed by atoms with Crippen molar-refractivity contribution in [3.63, 3.8) is 0 Å². The van der Waals surface area contributed by atoms with Crippen LogP contribution in [-0.4, -0.2) is 18.5 Å². The molecule has 3 aromatic rings. The third kappa shape index (κ3) is 4.28. The van der Waals surface area contributed by atoms with E-state index in [1.54, 1.807) is 19.1 Å². The van der Waals surface area contributed by atoms with Gasteiger partial charge in [0, 0.05) is 10.8 Å². The zero-order valence-corrected chi connectivity index (χ0v) is 16.4. The minimum Gasteiger partial charge on any atom is -0.462 e. The highest BCUT2D eigenvalue weighted by Gasteiger charge is 2.23. The Morgan fingerprint density at radius 3 is 2.43 bits per heavy atom. The number of nitrogens with one attached hydrogen (secondary N) is 1. The van der Waals surface area contributed by atoms with Crippen LogP contribution in [0.25, 0.3) is 0 Å². The molecule has 1 N–H and O–H groups in total. The van der Waals surface area contributed by atoms with Crippen LogP contribution in [0, 0.1) is 5.82 Å². The van der Waals surface area contributed by atoms with E-state index in [0.29, 0.717) is 5.00 Å². The number of ether oxygens (including phenoxy) is 1. The Morgan fingerprint density at radius 1 is 1.07 bits per heavy atom. The molecule has 1 atom stereocenters. The van der Waals surface area contributed by atoms with Crippen LogP contribution in [0.3, 0.4) is 0 Å². The molecular formula is C22H20FNO3S. The molecule has 1 heterocycles. The maximum absolute atomic E-state index is 13.9. The molecule has 3 rings (SSSR count). The zero-order chi connectivity index (χ0) is 20.1. The van der Waals surface area contributed by atoms with Crippen molar-refractivity contribution in [2.24, 2.45) is 0 Å². The summed E-state index contributed by atoms with van der Waals surface area (Å²) in [6.45, 7) is 3.97. The predicted octanol–water partition coefficient (Wildman–Crippen LogP) is 5.47. The van der Waals surface area contributed by atoms with Gasteiger partial charge in [0.15, 0.2) is 0 Å². The van der Waals surface area contributed by atoms with Gasteiger partial charge in [0.05, 0.1) is 17.7 Å². The van der Waals surface area contributed by atoms with Crippen LogP contribution >= 0.6 is 11.3 Å². The van der Waals surface area contributed by atoms with E-state index in [-0.39, 0.29) is 23.7 Å². The number of anilines is 1. The number of hydrogen-bond donors (Lipinski definition) is 1. The number of esters is 1. The summed E-state index contributed by atoms with van der Waals surface area (Å²) in [5.41, 5.74) is 1.28. The molecule has 1 aromatic heterocycles. The van der Waals surface area contributed by atoms with Crippen LogP contribution < -0.4 is 5.32 Å². The average Bonchev–Trinajstić information content (AvgIpc) is 3.12. The van der Waals surface area contributed by atoms with Gasteiger partial charge >= 0.3 is 5.97 Å². The first-order valence-corrected chi connectivity index (χ1v) is 9.74. The van der Waals surface area contributed by atoms with Gasteiger partial charge in [0.25, 0.3) is 5.91 Å². The van der Waals surface area contributed by atoms with Crippen LogP contribution in [-0.2, 0) is 4.74 Å². The SMILES string of the molecule is CCOC(=O)c1cc(C(C)c2ccccc2)sc1NC(=O)c1ccccc1F. The van der Waals surface area contributed by atoms with Gasteiger partial charge in [-0.15, -0.1) is 11.3 Å². The van der Waals surface area contributed by atoms with Gasteiger partial charge in [-0.3, -0.25) is 4.79 Å². The fourth-order valence-corrected chi connectivity index (χ4v) is 3.92. The minimum absolute atomic E-state index is 0.0264. The summed E-state index contributed by atoms with van der Waals surface area (Å²) in [6, 6.07) is 17.3. The Hall–Kier alpha value is -2.99. The summed E-state index contributed by atoms with van der Waals surface area (Å²) < 4.78 is 19.0. The van der Waals surface area contributed by atoms with Gasteiger partial charge in [0.2, 0.25) is 0 Å². The molecule has 0 aliphatic rings.